The Bertz CT molecular complexity index is 1230. The molecule has 1 aliphatic rings. The number of rotatable bonds is 6. The van der Waals surface area contributed by atoms with E-state index in [2.05, 4.69) is 29.1 Å². The Hall–Kier alpha value is -3.45. The highest BCUT2D eigenvalue weighted by molar-refractivity contribution is 5.98. The predicted molar refractivity (Wildman–Crippen MR) is 131 cm³/mol. The lowest BCUT2D eigenvalue weighted by Gasteiger charge is -2.36. The summed E-state index contributed by atoms with van der Waals surface area (Å²) in [7, 11) is 0. The number of benzene rings is 2. The van der Waals surface area contributed by atoms with Crippen LogP contribution < -0.4 is 15.8 Å². The molecule has 7 heteroatoms. The van der Waals surface area contributed by atoms with Gasteiger partial charge >= 0.3 is 0 Å². The molecule has 5 rings (SSSR count). The summed E-state index contributed by atoms with van der Waals surface area (Å²) < 4.78 is 7.97. The number of piperidine rings is 1. The normalized spacial score (nSPS) is 16.5. The second-order valence-electron chi connectivity index (χ2n) is 9.30. The maximum absolute atomic E-state index is 6.31. The van der Waals surface area contributed by atoms with Gasteiger partial charge in [-0.2, -0.15) is 5.10 Å². The molecule has 1 saturated heterocycles. The molecule has 0 saturated carbocycles. The number of nitrogens with one attached hydrogen (secondary N) is 1. The molecule has 3 heterocycles. The summed E-state index contributed by atoms with van der Waals surface area (Å²) in [5, 5.41) is 9.28. The Kier molecular flexibility index (Phi) is 5.72. The maximum Gasteiger partial charge on any atom is 0.164 e. The molecule has 170 valence electrons. The highest BCUT2D eigenvalue weighted by atomic mass is 16.5. The fourth-order valence-corrected chi connectivity index (χ4v) is 4.84. The minimum Gasteiger partial charge on any atom is -0.457 e. The fraction of sp³-hybridized carbons (Fsp3) is 0.346. The number of aromatic nitrogens is 4. The van der Waals surface area contributed by atoms with Gasteiger partial charge in [0, 0.05) is 5.56 Å². The van der Waals surface area contributed by atoms with Crippen LogP contribution in [0.1, 0.15) is 39.2 Å². The van der Waals surface area contributed by atoms with Crippen LogP contribution in [0, 0.1) is 5.41 Å². The van der Waals surface area contributed by atoms with Gasteiger partial charge in [0.15, 0.2) is 5.65 Å². The SMILES string of the molecule is CC(CC1(C)CCNCC1)n1nc(-c2ccc(Oc3ccccc3)cc2)c2c(N)ncnc21. The molecule has 3 N–H and O–H groups in total. The Balaban J connectivity index is 1.47. The van der Waals surface area contributed by atoms with E-state index < -0.39 is 0 Å². The number of hydrogen-bond acceptors (Lipinski definition) is 6. The maximum atomic E-state index is 6.31. The first-order valence-electron chi connectivity index (χ1n) is 11.6. The summed E-state index contributed by atoms with van der Waals surface area (Å²) in [5.41, 5.74) is 9.15. The van der Waals surface area contributed by atoms with E-state index in [1.165, 1.54) is 19.2 Å². The lowest BCUT2D eigenvalue weighted by Crippen LogP contribution is -2.36. The number of fused-ring (bicyclic) bond motifs is 1. The molecular formula is C26H30N6O. The molecule has 2 aromatic carbocycles. The van der Waals surface area contributed by atoms with Gasteiger partial charge in [0.25, 0.3) is 0 Å². The summed E-state index contributed by atoms with van der Waals surface area (Å²) in [6.45, 7) is 6.74. The molecule has 1 aliphatic heterocycles. The van der Waals surface area contributed by atoms with E-state index in [4.69, 9.17) is 15.6 Å². The Morgan fingerprint density at radius 2 is 1.73 bits per heavy atom. The van der Waals surface area contributed by atoms with Gasteiger partial charge in [-0.05, 0) is 81.1 Å². The molecule has 0 bridgehead atoms. The third-order valence-corrected chi connectivity index (χ3v) is 6.64. The van der Waals surface area contributed by atoms with Crippen LogP contribution in [0.2, 0.25) is 0 Å². The van der Waals surface area contributed by atoms with E-state index in [0.29, 0.717) is 5.82 Å². The van der Waals surface area contributed by atoms with Crippen molar-refractivity contribution in [2.75, 3.05) is 18.8 Å². The number of anilines is 1. The van der Waals surface area contributed by atoms with Gasteiger partial charge in [0.2, 0.25) is 0 Å². The summed E-state index contributed by atoms with van der Waals surface area (Å²) in [6, 6.07) is 17.9. The van der Waals surface area contributed by atoms with Crippen molar-refractivity contribution in [1.29, 1.82) is 0 Å². The molecular weight excluding hydrogens is 412 g/mol. The molecule has 33 heavy (non-hydrogen) atoms. The van der Waals surface area contributed by atoms with Gasteiger partial charge in [-0.3, -0.25) is 0 Å². The molecule has 0 amide bonds. The monoisotopic (exact) mass is 442 g/mol. The zero-order valence-corrected chi connectivity index (χ0v) is 19.2. The Morgan fingerprint density at radius 1 is 1.03 bits per heavy atom. The minimum atomic E-state index is 0.194. The van der Waals surface area contributed by atoms with Crippen LogP contribution in [0.25, 0.3) is 22.3 Å². The summed E-state index contributed by atoms with van der Waals surface area (Å²) in [6.07, 6.45) is 4.90. The van der Waals surface area contributed by atoms with Crippen LogP contribution in [0.5, 0.6) is 11.5 Å². The van der Waals surface area contributed by atoms with Crippen molar-refractivity contribution >= 4 is 16.9 Å². The molecule has 1 atom stereocenters. The van der Waals surface area contributed by atoms with Crippen molar-refractivity contribution in [3.05, 3.63) is 60.9 Å². The van der Waals surface area contributed by atoms with E-state index in [-0.39, 0.29) is 11.5 Å². The van der Waals surface area contributed by atoms with Gasteiger partial charge in [-0.25, -0.2) is 14.6 Å². The molecule has 7 nitrogen and oxygen atoms in total. The number of nitrogens with two attached hydrogens (primary N) is 1. The molecule has 0 spiro atoms. The molecule has 1 unspecified atom stereocenters. The van der Waals surface area contributed by atoms with E-state index >= 15 is 0 Å². The molecule has 1 fully saturated rings. The third kappa shape index (κ3) is 4.41. The number of hydrogen-bond donors (Lipinski definition) is 2. The topological polar surface area (TPSA) is 90.9 Å². The van der Waals surface area contributed by atoms with Crippen LogP contribution in [0.3, 0.4) is 0 Å². The van der Waals surface area contributed by atoms with Crippen molar-refractivity contribution in [3.63, 3.8) is 0 Å². The van der Waals surface area contributed by atoms with Crippen LogP contribution in [0.4, 0.5) is 5.82 Å². The first-order valence-corrected chi connectivity index (χ1v) is 11.6. The second kappa shape index (κ2) is 8.83. The molecule has 0 aliphatic carbocycles. The molecule has 0 radical (unpaired) electrons. The average Bonchev–Trinajstić information content (AvgIpc) is 3.22. The minimum absolute atomic E-state index is 0.194. The first kappa shape index (κ1) is 21.4. The quantitative estimate of drug-likeness (QED) is 0.426. The van der Waals surface area contributed by atoms with Gasteiger partial charge in [0.1, 0.15) is 29.3 Å². The predicted octanol–water partition coefficient (Wildman–Crippen LogP) is 5.21. The van der Waals surface area contributed by atoms with E-state index in [1.807, 2.05) is 59.3 Å². The summed E-state index contributed by atoms with van der Waals surface area (Å²) >= 11 is 0. The molecule has 4 aromatic rings. The summed E-state index contributed by atoms with van der Waals surface area (Å²) in [4.78, 5) is 8.82. The van der Waals surface area contributed by atoms with Gasteiger partial charge in [-0.1, -0.05) is 25.1 Å². The zero-order chi connectivity index (χ0) is 22.8. The Morgan fingerprint density at radius 3 is 2.45 bits per heavy atom. The van der Waals surface area contributed by atoms with E-state index in [1.54, 1.807) is 0 Å². The zero-order valence-electron chi connectivity index (χ0n) is 19.2. The van der Waals surface area contributed by atoms with Crippen molar-refractivity contribution in [2.45, 2.75) is 39.2 Å². The van der Waals surface area contributed by atoms with Crippen LogP contribution >= 0.6 is 0 Å². The van der Waals surface area contributed by atoms with Crippen LogP contribution in [-0.4, -0.2) is 32.8 Å². The van der Waals surface area contributed by atoms with Gasteiger partial charge < -0.3 is 15.8 Å². The second-order valence-corrected chi connectivity index (χ2v) is 9.30. The number of nitrogens with zero attached hydrogens (tertiary/aromatic N) is 4. The molecule has 2 aromatic heterocycles. The van der Waals surface area contributed by atoms with Gasteiger partial charge in [-0.15, -0.1) is 0 Å². The van der Waals surface area contributed by atoms with E-state index in [0.717, 1.165) is 53.3 Å². The fourth-order valence-electron chi connectivity index (χ4n) is 4.84. The van der Waals surface area contributed by atoms with Crippen molar-refractivity contribution < 1.29 is 4.74 Å². The standard InChI is InChI=1S/C26H30N6O/c1-18(16-26(2)12-14-28-15-13-26)32-25-22(24(27)29-17-30-25)23(31-32)19-8-10-21(11-9-19)33-20-6-4-3-5-7-20/h3-11,17-18,28H,12-16H2,1-2H3,(H2,27,29,30). The third-order valence-electron chi connectivity index (χ3n) is 6.64. The number of ether oxygens (including phenoxy) is 1. The van der Waals surface area contributed by atoms with Gasteiger partial charge in [0.05, 0.1) is 11.4 Å². The highest BCUT2D eigenvalue weighted by Gasteiger charge is 2.30. The highest BCUT2D eigenvalue weighted by Crippen LogP contribution is 2.39. The lowest BCUT2D eigenvalue weighted by atomic mass is 9.76. The number of nitrogen functional groups attached to an aromatic ring is 1. The lowest BCUT2D eigenvalue weighted by molar-refractivity contribution is 0.179. The van der Waals surface area contributed by atoms with Crippen LogP contribution in [-0.2, 0) is 0 Å². The Labute approximate surface area is 194 Å². The number of para-hydroxylation sites is 1. The first-order chi connectivity index (χ1) is 16.0. The van der Waals surface area contributed by atoms with Crippen molar-refractivity contribution in [1.82, 2.24) is 25.1 Å². The van der Waals surface area contributed by atoms with E-state index in [9.17, 15) is 0 Å². The average molecular weight is 443 g/mol. The van der Waals surface area contributed by atoms with Crippen molar-refractivity contribution in [3.8, 4) is 22.8 Å². The van der Waals surface area contributed by atoms with Crippen molar-refractivity contribution in [2.24, 2.45) is 5.41 Å². The largest absolute Gasteiger partial charge is 0.457 e. The smallest absolute Gasteiger partial charge is 0.164 e. The van der Waals surface area contributed by atoms with Crippen LogP contribution in [0.15, 0.2) is 60.9 Å². The summed E-state index contributed by atoms with van der Waals surface area (Å²) in [5.74, 6) is 2.02.